The van der Waals surface area contributed by atoms with Gasteiger partial charge in [0, 0.05) is 6.20 Å². The van der Waals surface area contributed by atoms with Crippen molar-refractivity contribution in [2.24, 2.45) is 0 Å². The average Bonchev–Trinajstić information content (AvgIpc) is 3.03. The second kappa shape index (κ2) is 5.57. The number of carbonyl (C=O) groups excluding carboxylic acids is 1. The van der Waals surface area contributed by atoms with Gasteiger partial charge >= 0.3 is 0 Å². The van der Waals surface area contributed by atoms with Crippen LogP contribution in [0.3, 0.4) is 0 Å². The number of hydrogen-bond donors (Lipinski definition) is 1. The number of nitrogens with one attached hydrogen (secondary N) is 1. The molecule has 1 N–H and O–H groups in total. The first kappa shape index (κ1) is 14.2. The molecule has 5 nitrogen and oxygen atoms in total. The summed E-state index contributed by atoms with van der Waals surface area (Å²) in [5.41, 5.74) is 2.08. The molecule has 108 valence electrons. The third-order valence-electron chi connectivity index (χ3n) is 3.12. The van der Waals surface area contributed by atoms with Crippen LogP contribution in [0.1, 0.15) is 18.5 Å². The van der Waals surface area contributed by atoms with Gasteiger partial charge in [0.1, 0.15) is 6.04 Å². The number of aromatic nitrogens is 3. The van der Waals surface area contributed by atoms with Crippen LogP contribution in [0.2, 0.25) is 0 Å². The van der Waals surface area contributed by atoms with Gasteiger partial charge in [-0.25, -0.2) is 4.98 Å². The van der Waals surface area contributed by atoms with E-state index in [-0.39, 0.29) is 5.91 Å². The van der Waals surface area contributed by atoms with Crippen LogP contribution in [0.25, 0.3) is 10.2 Å². The van der Waals surface area contributed by atoms with Gasteiger partial charge in [-0.2, -0.15) is 5.10 Å². The molecule has 3 rings (SSSR count). The molecule has 0 spiro atoms. The van der Waals surface area contributed by atoms with Crippen molar-refractivity contribution in [1.82, 2.24) is 14.8 Å². The van der Waals surface area contributed by atoms with Crippen molar-refractivity contribution in [3.05, 3.63) is 40.6 Å². The van der Waals surface area contributed by atoms with Crippen LogP contribution in [-0.2, 0) is 4.79 Å². The van der Waals surface area contributed by atoms with E-state index < -0.39 is 6.04 Å². The molecule has 7 heteroatoms. The van der Waals surface area contributed by atoms with E-state index in [2.05, 4.69) is 37.4 Å². The number of nitrogens with zero attached hydrogens (tertiary/aromatic N) is 3. The van der Waals surface area contributed by atoms with Crippen molar-refractivity contribution in [3.63, 3.8) is 0 Å². The topological polar surface area (TPSA) is 59.8 Å². The Balaban J connectivity index is 1.79. The maximum absolute atomic E-state index is 12.2. The smallest absolute Gasteiger partial charge is 0.250 e. The summed E-state index contributed by atoms with van der Waals surface area (Å²) >= 11 is 4.80. The van der Waals surface area contributed by atoms with Gasteiger partial charge in [-0.15, -0.1) is 0 Å². The number of halogens is 1. The van der Waals surface area contributed by atoms with Gasteiger partial charge < -0.3 is 5.32 Å². The van der Waals surface area contributed by atoms with E-state index in [0.29, 0.717) is 5.13 Å². The molecule has 2 aromatic heterocycles. The lowest BCUT2D eigenvalue weighted by Crippen LogP contribution is -2.23. The summed E-state index contributed by atoms with van der Waals surface area (Å²) in [6.45, 7) is 3.83. The monoisotopic (exact) mass is 364 g/mol. The fraction of sp³-hybridized carbons (Fsp3) is 0.214. The van der Waals surface area contributed by atoms with Crippen LogP contribution in [0.5, 0.6) is 0 Å². The molecule has 3 aromatic rings. The van der Waals surface area contributed by atoms with E-state index in [1.54, 1.807) is 24.0 Å². The average molecular weight is 365 g/mol. The molecule has 0 fully saturated rings. The van der Waals surface area contributed by atoms with Crippen LogP contribution >= 0.6 is 27.3 Å². The zero-order valence-corrected chi connectivity index (χ0v) is 13.9. The summed E-state index contributed by atoms with van der Waals surface area (Å²) in [7, 11) is 0. The van der Waals surface area contributed by atoms with Crippen molar-refractivity contribution < 1.29 is 4.79 Å². The Morgan fingerprint density at radius 3 is 3.00 bits per heavy atom. The Hall–Kier alpha value is -1.73. The highest BCUT2D eigenvalue weighted by Gasteiger charge is 2.17. The van der Waals surface area contributed by atoms with Gasteiger partial charge in [-0.05, 0) is 47.5 Å². The van der Waals surface area contributed by atoms with Crippen LogP contribution in [0.4, 0.5) is 5.13 Å². The highest BCUT2D eigenvalue weighted by molar-refractivity contribution is 9.10. The second-order valence-electron chi connectivity index (χ2n) is 4.79. The predicted octanol–water partition coefficient (Wildman–Crippen LogP) is 3.76. The molecule has 0 aliphatic carbocycles. The summed E-state index contributed by atoms with van der Waals surface area (Å²) in [4.78, 5) is 16.7. The van der Waals surface area contributed by atoms with E-state index in [1.807, 2.05) is 19.1 Å². The zero-order chi connectivity index (χ0) is 15.0. The summed E-state index contributed by atoms with van der Waals surface area (Å²) in [5.74, 6) is -0.138. The normalized spacial score (nSPS) is 12.5. The number of thiazole rings is 1. The van der Waals surface area contributed by atoms with Crippen molar-refractivity contribution in [1.29, 1.82) is 0 Å². The molecule has 1 aromatic carbocycles. The predicted molar refractivity (Wildman–Crippen MR) is 87.6 cm³/mol. The number of rotatable bonds is 3. The minimum Gasteiger partial charge on any atom is -0.300 e. The van der Waals surface area contributed by atoms with Crippen molar-refractivity contribution in [3.8, 4) is 0 Å². The van der Waals surface area contributed by atoms with Gasteiger partial charge in [0.2, 0.25) is 0 Å². The maximum atomic E-state index is 12.2. The number of carbonyl (C=O) groups is 1. The Morgan fingerprint density at radius 2 is 2.29 bits per heavy atom. The first-order valence-electron chi connectivity index (χ1n) is 6.40. The van der Waals surface area contributed by atoms with E-state index in [1.165, 1.54) is 16.9 Å². The number of amides is 1. The van der Waals surface area contributed by atoms with Gasteiger partial charge in [-0.3, -0.25) is 9.48 Å². The molecule has 0 radical (unpaired) electrons. The summed E-state index contributed by atoms with van der Waals surface area (Å²) < 4.78 is 3.52. The maximum Gasteiger partial charge on any atom is 0.250 e. The first-order valence-corrected chi connectivity index (χ1v) is 8.01. The van der Waals surface area contributed by atoms with Crippen LogP contribution in [0, 0.1) is 6.92 Å². The van der Waals surface area contributed by atoms with E-state index in [0.717, 1.165) is 14.7 Å². The van der Waals surface area contributed by atoms with E-state index in [4.69, 9.17) is 0 Å². The van der Waals surface area contributed by atoms with Gasteiger partial charge in [0.25, 0.3) is 5.91 Å². The molecular formula is C14H13BrN4OS. The first-order chi connectivity index (χ1) is 10.0. The number of hydrogen-bond acceptors (Lipinski definition) is 4. The Kier molecular flexibility index (Phi) is 3.77. The minimum absolute atomic E-state index is 0.138. The molecule has 21 heavy (non-hydrogen) atoms. The Bertz CT molecular complexity index is 810. The molecule has 0 bridgehead atoms. The summed E-state index contributed by atoms with van der Waals surface area (Å²) in [6.07, 6.45) is 3.43. The number of benzene rings is 1. The SMILES string of the molecule is Cc1ccc2nc(NC(=O)C(C)n3cc(Br)cn3)sc2c1. The lowest BCUT2D eigenvalue weighted by atomic mass is 10.2. The van der Waals surface area contributed by atoms with Crippen LogP contribution in [0.15, 0.2) is 35.1 Å². The second-order valence-corrected chi connectivity index (χ2v) is 6.74. The van der Waals surface area contributed by atoms with Gasteiger partial charge in [0.05, 0.1) is 20.9 Å². The summed E-state index contributed by atoms with van der Waals surface area (Å²) in [5, 5.41) is 7.59. The molecule has 0 saturated heterocycles. The van der Waals surface area contributed by atoms with Crippen LogP contribution < -0.4 is 5.32 Å². The highest BCUT2D eigenvalue weighted by atomic mass is 79.9. The minimum atomic E-state index is -0.398. The Labute approximate surface area is 134 Å². The highest BCUT2D eigenvalue weighted by Crippen LogP contribution is 2.27. The molecule has 2 heterocycles. The van der Waals surface area contributed by atoms with Gasteiger partial charge in [0.15, 0.2) is 5.13 Å². The number of fused-ring (bicyclic) bond motifs is 1. The van der Waals surface area contributed by atoms with E-state index in [9.17, 15) is 4.79 Å². The van der Waals surface area contributed by atoms with Gasteiger partial charge in [-0.1, -0.05) is 17.4 Å². The number of aryl methyl sites for hydroxylation is 1. The van der Waals surface area contributed by atoms with Crippen molar-refractivity contribution in [2.75, 3.05) is 5.32 Å². The van der Waals surface area contributed by atoms with Crippen LogP contribution in [-0.4, -0.2) is 20.7 Å². The largest absolute Gasteiger partial charge is 0.300 e. The molecule has 0 aliphatic heterocycles. The molecular weight excluding hydrogens is 352 g/mol. The van der Waals surface area contributed by atoms with Crippen molar-refractivity contribution >= 4 is 48.5 Å². The third-order valence-corrected chi connectivity index (χ3v) is 4.46. The standard InChI is InChI=1S/C14H13BrN4OS/c1-8-3-4-11-12(5-8)21-14(17-11)18-13(20)9(2)19-7-10(15)6-16-19/h3-7,9H,1-2H3,(H,17,18,20). The third kappa shape index (κ3) is 2.98. The fourth-order valence-electron chi connectivity index (χ4n) is 1.94. The summed E-state index contributed by atoms with van der Waals surface area (Å²) in [6, 6.07) is 5.64. The molecule has 1 atom stereocenters. The van der Waals surface area contributed by atoms with Crippen molar-refractivity contribution in [2.45, 2.75) is 19.9 Å². The molecule has 0 saturated carbocycles. The van der Waals surface area contributed by atoms with E-state index >= 15 is 0 Å². The molecule has 0 aliphatic rings. The lowest BCUT2D eigenvalue weighted by Gasteiger charge is -2.10. The Morgan fingerprint density at radius 1 is 1.48 bits per heavy atom. The molecule has 1 unspecified atom stereocenters. The quantitative estimate of drug-likeness (QED) is 0.769. The lowest BCUT2D eigenvalue weighted by molar-refractivity contribution is -0.119. The zero-order valence-electron chi connectivity index (χ0n) is 11.5. The number of anilines is 1. The molecule has 1 amide bonds. The fourth-order valence-corrected chi connectivity index (χ4v) is 3.21.